The maximum atomic E-state index is 14.2. The number of para-hydroxylation sites is 1. The van der Waals surface area contributed by atoms with Crippen molar-refractivity contribution in [1.29, 1.82) is 0 Å². The molecule has 0 aliphatic heterocycles. The predicted molar refractivity (Wildman–Crippen MR) is 149 cm³/mol. The summed E-state index contributed by atoms with van der Waals surface area (Å²) in [6.07, 6.45) is 0. The number of carbonyl (C=O) groups is 2. The second-order valence-corrected chi connectivity index (χ2v) is 10.5. The minimum Gasteiger partial charge on any atom is -0.494 e. The Bertz CT molecular complexity index is 1420. The van der Waals surface area contributed by atoms with E-state index < -0.39 is 11.6 Å². The van der Waals surface area contributed by atoms with E-state index in [0.29, 0.717) is 29.1 Å². The molecule has 1 aromatic heterocycles. The van der Waals surface area contributed by atoms with E-state index in [1.165, 1.54) is 0 Å². The van der Waals surface area contributed by atoms with Crippen LogP contribution < -0.4 is 15.0 Å². The van der Waals surface area contributed by atoms with Crippen LogP contribution in [0.5, 0.6) is 5.75 Å². The maximum absolute atomic E-state index is 14.2. The number of aromatic nitrogens is 3. The van der Waals surface area contributed by atoms with Crippen LogP contribution in [0.2, 0.25) is 0 Å². The lowest BCUT2D eigenvalue weighted by molar-refractivity contribution is -0.128. The van der Waals surface area contributed by atoms with Crippen molar-refractivity contribution in [1.82, 2.24) is 20.3 Å². The summed E-state index contributed by atoms with van der Waals surface area (Å²) in [5.74, 6) is 0.135. The predicted octanol–water partition coefficient (Wildman–Crippen LogP) is 5.14. The average Bonchev–Trinajstić information content (AvgIpc) is 3.24. The Kier molecular flexibility index (Phi) is 7.80. The Hall–Kier alpha value is -4.20. The van der Waals surface area contributed by atoms with Gasteiger partial charge in [0, 0.05) is 11.2 Å². The van der Waals surface area contributed by atoms with E-state index in [9.17, 15) is 9.59 Å². The number of carbonyl (C=O) groups excluding carboxylic acids is 2. The number of aryl methyl sites for hydroxylation is 2. The van der Waals surface area contributed by atoms with Crippen molar-refractivity contribution >= 4 is 28.5 Å². The summed E-state index contributed by atoms with van der Waals surface area (Å²) in [6.45, 7) is 12.1. The highest BCUT2D eigenvalue weighted by Crippen LogP contribution is 2.32. The molecule has 1 atom stereocenters. The molecule has 0 saturated heterocycles. The second-order valence-electron chi connectivity index (χ2n) is 10.5. The first-order valence-electron chi connectivity index (χ1n) is 12.8. The molecule has 1 unspecified atom stereocenters. The van der Waals surface area contributed by atoms with Crippen molar-refractivity contribution in [2.24, 2.45) is 0 Å². The molecule has 0 radical (unpaired) electrons. The number of hydrogen-bond donors (Lipinski definition) is 1. The van der Waals surface area contributed by atoms with Gasteiger partial charge in [0.1, 0.15) is 23.9 Å². The molecular weight excluding hydrogens is 478 g/mol. The Labute approximate surface area is 223 Å². The maximum Gasteiger partial charge on any atom is 0.249 e. The summed E-state index contributed by atoms with van der Waals surface area (Å²) in [4.78, 5) is 29.6. The van der Waals surface area contributed by atoms with Crippen molar-refractivity contribution in [2.45, 2.75) is 59.7 Å². The monoisotopic (exact) mass is 513 g/mol. The summed E-state index contributed by atoms with van der Waals surface area (Å²) in [6, 6.07) is 19.8. The van der Waals surface area contributed by atoms with Gasteiger partial charge in [-0.3, -0.25) is 14.5 Å². The van der Waals surface area contributed by atoms with Gasteiger partial charge >= 0.3 is 0 Å². The number of nitrogens with one attached hydrogen (secondary N) is 1. The third-order valence-electron chi connectivity index (χ3n) is 5.97. The largest absolute Gasteiger partial charge is 0.494 e. The molecule has 0 fully saturated rings. The summed E-state index contributed by atoms with van der Waals surface area (Å²) < 4.78 is 7.19. The lowest BCUT2D eigenvalue weighted by Crippen LogP contribution is -2.50. The molecule has 4 aromatic rings. The number of anilines is 1. The van der Waals surface area contributed by atoms with Crippen LogP contribution in [0.15, 0.2) is 66.7 Å². The molecular formula is C30H35N5O3. The number of hydrogen-bond acceptors (Lipinski definition) is 5. The van der Waals surface area contributed by atoms with E-state index in [4.69, 9.17) is 4.74 Å². The first-order valence-corrected chi connectivity index (χ1v) is 12.8. The van der Waals surface area contributed by atoms with Crippen LogP contribution in [0, 0.1) is 13.8 Å². The van der Waals surface area contributed by atoms with Gasteiger partial charge < -0.3 is 10.1 Å². The van der Waals surface area contributed by atoms with E-state index in [0.717, 1.165) is 16.6 Å². The first kappa shape index (κ1) is 26.9. The van der Waals surface area contributed by atoms with Crippen LogP contribution in [0.25, 0.3) is 11.0 Å². The minimum atomic E-state index is -0.923. The highest BCUT2D eigenvalue weighted by atomic mass is 16.5. The van der Waals surface area contributed by atoms with Crippen molar-refractivity contribution in [3.63, 3.8) is 0 Å². The fourth-order valence-corrected chi connectivity index (χ4v) is 4.53. The topological polar surface area (TPSA) is 89.4 Å². The molecule has 1 N–H and O–H groups in total. The summed E-state index contributed by atoms with van der Waals surface area (Å²) in [5, 5.41) is 11.5. The molecule has 198 valence electrons. The smallest absolute Gasteiger partial charge is 0.249 e. The fraction of sp³-hybridized carbons (Fsp3) is 0.333. The second kappa shape index (κ2) is 11.0. The lowest BCUT2D eigenvalue weighted by Gasteiger charge is -2.34. The van der Waals surface area contributed by atoms with Gasteiger partial charge in [-0.2, -0.15) is 0 Å². The fourth-order valence-electron chi connectivity index (χ4n) is 4.53. The van der Waals surface area contributed by atoms with E-state index in [1.54, 1.807) is 9.58 Å². The molecule has 8 heteroatoms. The van der Waals surface area contributed by atoms with Crippen LogP contribution in [-0.4, -0.2) is 39.0 Å². The molecule has 0 aliphatic carbocycles. The van der Waals surface area contributed by atoms with E-state index in [1.807, 2.05) is 108 Å². The third-order valence-corrected chi connectivity index (χ3v) is 5.97. The standard InChI is InChI=1S/C30H35N5O3/c1-7-38-24-14-12-22(13-15-24)28(29(37)31-30(4,5)6)35(23-17-20(2)16-21(3)18-23)27(36)19-34-26-11-9-8-10-25(26)32-33-34/h8-18,28H,7,19H2,1-6H3,(H,31,37). The molecule has 0 bridgehead atoms. The van der Waals surface area contributed by atoms with Crippen LogP contribution in [-0.2, 0) is 16.1 Å². The Morgan fingerprint density at radius 2 is 1.66 bits per heavy atom. The van der Waals surface area contributed by atoms with E-state index in [2.05, 4.69) is 15.6 Å². The molecule has 4 rings (SSSR count). The van der Waals surface area contributed by atoms with Crippen LogP contribution in [0.1, 0.15) is 50.4 Å². The summed E-state index contributed by atoms with van der Waals surface area (Å²) in [7, 11) is 0. The number of nitrogens with zero attached hydrogens (tertiary/aromatic N) is 4. The van der Waals surface area contributed by atoms with Gasteiger partial charge in [-0.05, 0) is 94.6 Å². The molecule has 8 nitrogen and oxygen atoms in total. The number of benzene rings is 3. The number of rotatable bonds is 8. The Balaban J connectivity index is 1.84. The van der Waals surface area contributed by atoms with Crippen LogP contribution in [0.4, 0.5) is 5.69 Å². The highest BCUT2D eigenvalue weighted by Gasteiger charge is 2.35. The summed E-state index contributed by atoms with van der Waals surface area (Å²) >= 11 is 0. The lowest BCUT2D eigenvalue weighted by atomic mass is 9.99. The molecule has 2 amide bonds. The summed E-state index contributed by atoms with van der Waals surface area (Å²) in [5.41, 5.74) is 4.24. The van der Waals surface area contributed by atoms with Crippen LogP contribution >= 0.6 is 0 Å². The minimum absolute atomic E-state index is 0.0795. The molecule has 38 heavy (non-hydrogen) atoms. The zero-order chi connectivity index (χ0) is 27.4. The van der Waals surface area contributed by atoms with E-state index in [-0.39, 0.29) is 18.4 Å². The number of amides is 2. The normalized spacial score (nSPS) is 12.3. The van der Waals surface area contributed by atoms with Gasteiger partial charge in [-0.1, -0.05) is 35.5 Å². The van der Waals surface area contributed by atoms with Gasteiger partial charge in [0.05, 0.1) is 12.1 Å². The number of ether oxygens (including phenoxy) is 1. The Morgan fingerprint density at radius 3 is 2.29 bits per heavy atom. The zero-order valence-electron chi connectivity index (χ0n) is 22.9. The van der Waals surface area contributed by atoms with Crippen molar-refractivity contribution in [3.8, 4) is 5.75 Å². The molecule has 1 heterocycles. The number of fused-ring (bicyclic) bond motifs is 1. The Morgan fingerprint density at radius 1 is 1.00 bits per heavy atom. The van der Waals surface area contributed by atoms with Gasteiger partial charge in [-0.25, -0.2) is 4.68 Å². The van der Waals surface area contributed by atoms with Gasteiger partial charge in [-0.15, -0.1) is 5.10 Å². The average molecular weight is 514 g/mol. The van der Waals surface area contributed by atoms with E-state index >= 15 is 0 Å². The quantitative estimate of drug-likeness (QED) is 0.353. The molecule has 0 saturated carbocycles. The molecule has 0 spiro atoms. The SMILES string of the molecule is CCOc1ccc(C(C(=O)NC(C)(C)C)N(C(=O)Cn2nnc3ccccc32)c2cc(C)cc(C)c2)cc1. The van der Waals surface area contributed by atoms with Gasteiger partial charge in [0.15, 0.2) is 0 Å². The van der Waals surface area contributed by atoms with Gasteiger partial charge in [0.2, 0.25) is 11.8 Å². The van der Waals surface area contributed by atoms with Crippen LogP contribution in [0.3, 0.4) is 0 Å². The highest BCUT2D eigenvalue weighted by molar-refractivity contribution is 6.01. The van der Waals surface area contributed by atoms with Crippen molar-refractivity contribution < 1.29 is 14.3 Å². The molecule has 3 aromatic carbocycles. The molecule has 0 aliphatic rings. The third kappa shape index (κ3) is 6.19. The van der Waals surface area contributed by atoms with Gasteiger partial charge in [0.25, 0.3) is 0 Å². The van der Waals surface area contributed by atoms with Crippen molar-refractivity contribution in [3.05, 3.63) is 83.4 Å². The first-order chi connectivity index (χ1) is 18.1. The zero-order valence-corrected chi connectivity index (χ0v) is 22.9. The van der Waals surface area contributed by atoms with Crippen molar-refractivity contribution in [2.75, 3.05) is 11.5 Å².